The molecule has 0 saturated heterocycles. The topological polar surface area (TPSA) is 17.1 Å². The van der Waals surface area contributed by atoms with Gasteiger partial charge >= 0.3 is 0 Å². The summed E-state index contributed by atoms with van der Waals surface area (Å²) >= 11 is 15.8. The summed E-state index contributed by atoms with van der Waals surface area (Å²) in [5, 5.41) is -0.592. The SMILES string of the molecule is CC(=O)C(Cl)c1ccc(CCl)c(S)c1. The summed E-state index contributed by atoms with van der Waals surface area (Å²) in [6, 6.07) is 5.42. The zero-order valence-electron chi connectivity index (χ0n) is 7.63. The van der Waals surface area contributed by atoms with Gasteiger partial charge in [-0.05, 0) is 24.1 Å². The normalized spacial score (nSPS) is 12.6. The summed E-state index contributed by atoms with van der Waals surface area (Å²) in [5.41, 5.74) is 1.70. The molecule has 76 valence electrons. The second-order valence-corrected chi connectivity index (χ2v) is 4.18. The molecule has 1 aromatic rings. The van der Waals surface area contributed by atoms with Crippen LogP contribution in [0.25, 0.3) is 0 Å². The lowest BCUT2D eigenvalue weighted by Crippen LogP contribution is -2.01. The molecule has 0 aliphatic heterocycles. The number of rotatable bonds is 3. The molecule has 0 amide bonds. The third-order valence-electron chi connectivity index (χ3n) is 1.90. The van der Waals surface area contributed by atoms with Gasteiger partial charge in [-0.25, -0.2) is 0 Å². The first-order chi connectivity index (χ1) is 6.56. The predicted molar refractivity (Wildman–Crippen MR) is 62.5 cm³/mol. The van der Waals surface area contributed by atoms with Crippen molar-refractivity contribution in [1.82, 2.24) is 0 Å². The minimum Gasteiger partial charge on any atom is -0.298 e. The van der Waals surface area contributed by atoms with Crippen molar-refractivity contribution in [2.45, 2.75) is 23.1 Å². The van der Waals surface area contributed by atoms with Crippen LogP contribution in [0.2, 0.25) is 0 Å². The van der Waals surface area contributed by atoms with Crippen molar-refractivity contribution in [3.05, 3.63) is 29.3 Å². The van der Waals surface area contributed by atoms with Crippen LogP contribution >= 0.6 is 35.8 Å². The van der Waals surface area contributed by atoms with Crippen LogP contribution in [-0.4, -0.2) is 5.78 Å². The van der Waals surface area contributed by atoms with E-state index in [1.165, 1.54) is 6.92 Å². The molecule has 0 aliphatic carbocycles. The van der Waals surface area contributed by atoms with Gasteiger partial charge in [0.05, 0.1) is 0 Å². The highest BCUT2D eigenvalue weighted by molar-refractivity contribution is 7.80. The highest BCUT2D eigenvalue weighted by Gasteiger charge is 2.13. The molecule has 0 N–H and O–H groups in total. The molecule has 0 aliphatic rings. The number of benzene rings is 1. The van der Waals surface area contributed by atoms with Crippen LogP contribution in [0.4, 0.5) is 0 Å². The quantitative estimate of drug-likeness (QED) is 0.640. The maximum Gasteiger partial charge on any atom is 0.152 e. The van der Waals surface area contributed by atoms with Crippen LogP contribution in [0, 0.1) is 0 Å². The largest absolute Gasteiger partial charge is 0.298 e. The lowest BCUT2D eigenvalue weighted by atomic mass is 10.1. The summed E-state index contributed by atoms with van der Waals surface area (Å²) in [5.74, 6) is 0.338. The van der Waals surface area contributed by atoms with E-state index in [4.69, 9.17) is 23.2 Å². The Bertz CT molecular complexity index is 352. The second kappa shape index (κ2) is 5.06. The highest BCUT2D eigenvalue weighted by Crippen LogP contribution is 2.26. The molecule has 4 heteroatoms. The van der Waals surface area contributed by atoms with Gasteiger partial charge in [-0.2, -0.15) is 0 Å². The zero-order chi connectivity index (χ0) is 10.7. The van der Waals surface area contributed by atoms with Crippen LogP contribution in [0.5, 0.6) is 0 Å². The van der Waals surface area contributed by atoms with Gasteiger partial charge in [-0.3, -0.25) is 4.79 Å². The Morgan fingerprint density at radius 3 is 2.64 bits per heavy atom. The Morgan fingerprint density at radius 2 is 2.21 bits per heavy atom. The maximum atomic E-state index is 11.0. The number of hydrogen-bond donors (Lipinski definition) is 1. The molecule has 0 aromatic heterocycles. The summed E-state index contributed by atoms with van der Waals surface area (Å²) in [7, 11) is 0. The third-order valence-corrected chi connectivity index (χ3v) is 3.17. The Hall–Kier alpha value is -0.180. The van der Waals surface area contributed by atoms with Gasteiger partial charge in [0, 0.05) is 10.8 Å². The molecule has 0 heterocycles. The second-order valence-electron chi connectivity index (χ2n) is 2.99. The fourth-order valence-electron chi connectivity index (χ4n) is 1.09. The van der Waals surface area contributed by atoms with E-state index in [2.05, 4.69) is 12.6 Å². The van der Waals surface area contributed by atoms with Gasteiger partial charge in [0.15, 0.2) is 5.78 Å². The first-order valence-corrected chi connectivity index (χ1v) is 5.50. The smallest absolute Gasteiger partial charge is 0.152 e. The number of alkyl halides is 2. The Kier molecular flexibility index (Phi) is 4.30. The number of halogens is 2. The first-order valence-electron chi connectivity index (χ1n) is 4.08. The maximum absolute atomic E-state index is 11.0. The molecule has 0 fully saturated rings. The number of carbonyl (C=O) groups is 1. The summed E-state index contributed by atoms with van der Waals surface area (Å²) in [4.78, 5) is 11.8. The van der Waals surface area contributed by atoms with Crippen molar-refractivity contribution < 1.29 is 4.79 Å². The van der Waals surface area contributed by atoms with Crippen molar-refractivity contribution in [2.75, 3.05) is 0 Å². The van der Waals surface area contributed by atoms with E-state index in [1.807, 2.05) is 6.07 Å². The van der Waals surface area contributed by atoms with Crippen LogP contribution in [-0.2, 0) is 10.7 Å². The number of carbonyl (C=O) groups excluding carboxylic acids is 1. The predicted octanol–water partition coefficient (Wildman–Crippen LogP) is 3.58. The first kappa shape index (κ1) is 11.9. The molecule has 0 radical (unpaired) electrons. The molecule has 14 heavy (non-hydrogen) atoms. The highest BCUT2D eigenvalue weighted by atomic mass is 35.5. The van der Waals surface area contributed by atoms with Gasteiger partial charge in [-0.15, -0.1) is 35.8 Å². The van der Waals surface area contributed by atoms with E-state index in [0.717, 1.165) is 16.0 Å². The summed E-state index contributed by atoms with van der Waals surface area (Å²) in [6.07, 6.45) is 0. The monoisotopic (exact) mass is 248 g/mol. The van der Waals surface area contributed by atoms with Crippen LogP contribution in [0.1, 0.15) is 23.4 Å². The standard InChI is InChI=1S/C10H10Cl2OS/c1-6(13)10(12)7-2-3-8(5-11)9(14)4-7/h2-4,10,14H,5H2,1H3. The molecular formula is C10H10Cl2OS. The molecule has 0 spiro atoms. The van der Waals surface area contributed by atoms with Crippen molar-refractivity contribution in [3.63, 3.8) is 0 Å². The van der Waals surface area contributed by atoms with Crippen molar-refractivity contribution in [1.29, 1.82) is 0 Å². The number of hydrogen-bond acceptors (Lipinski definition) is 2. The van der Waals surface area contributed by atoms with Gasteiger partial charge < -0.3 is 0 Å². The Balaban J connectivity index is 3.02. The molecule has 1 unspecified atom stereocenters. The van der Waals surface area contributed by atoms with Crippen molar-refractivity contribution in [3.8, 4) is 0 Å². The summed E-state index contributed by atoms with van der Waals surface area (Å²) in [6.45, 7) is 1.46. The molecule has 1 nitrogen and oxygen atoms in total. The van der Waals surface area contributed by atoms with Crippen LogP contribution < -0.4 is 0 Å². The average Bonchev–Trinajstić information content (AvgIpc) is 2.16. The zero-order valence-corrected chi connectivity index (χ0v) is 10.0. The molecule has 0 saturated carbocycles. The van der Waals surface area contributed by atoms with E-state index >= 15 is 0 Å². The van der Waals surface area contributed by atoms with Crippen LogP contribution in [0.3, 0.4) is 0 Å². The third kappa shape index (κ3) is 2.66. The lowest BCUT2D eigenvalue weighted by molar-refractivity contribution is -0.116. The summed E-state index contributed by atoms with van der Waals surface area (Å²) < 4.78 is 0. The average molecular weight is 249 g/mol. The molecule has 1 rings (SSSR count). The Morgan fingerprint density at radius 1 is 1.57 bits per heavy atom. The molecule has 0 bridgehead atoms. The van der Waals surface area contributed by atoms with Gasteiger partial charge in [0.1, 0.15) is 5.38 Å². The van der Waals surface area contributed by atoms with E-state index in [-0.39, 0.29) is 5.78 Å². The Labute approximate surface area is 98.8 Å². The van der Waals surface area contributed by atoms with Crippen LogP contribution in [0.15, 0.2) is 23.1 Å². The number of thiol groups is 1. The van der Waals surface area contributed by atoms with Gasteiger partial charge in [0.2, 0.25) is 0 Å². The van der Waals surface area contributed by atoms with Gasteiger partial charge in [-0.1, -0.05) is 12.1 Å². The van der Waals surface area contributed by atoms with Gasteiger partial charge in [0.25, 0.3) is 0 Å². The van der Waals surface area contributed by atoms with Crippen molar-refractivity contribution >= 4 is 41.6 Å². The van der Waals surface area contributed by atoms with E-state index < -0.39 is 5.38 Å². The van der Waals surface area contributed by atoms with E-state index in [1.54, 1.807) is 12.1 Å². The fraction of sp³-hybridized carbons (Fsp3) is 0.300. The molecular weight excluding hydrogens is 239 g/mol. The number of ketones is 1. The fourth-order valence-corrected chi connectivity index (χ4v) is 1.85. The lowest BCUT2D eigenvalue weighted by Gasteiger charge is -2.08. The minimum absolute atomic E-state index is 0.0713. The van der Waals surface area contributed by atoms with Crippen molar-refractivity contribution in [2.24, 2.45) is 0 Å². The van der Waals surface area contributed by atoms with E-state index in [9.17, 15) is 4.79 Å². The minimum atomic E-state index is -0.592. The number of Topliss-reactive ketones (excluding diaryl/α,β-unsaturated/α-hetero) is 1. The molecule has 1 atom stereocenters. The van der Waals surface area contributed by atoms with E-state index in [0.29, 0.717) is 5.88 Å². The molecule has 1 aromatic carbocycles.